The lowest BCUT2D eigenvalue weighted by Crippen LogP contribution is -2.32. The van der Waals surface area contributed by atoms with E-state index in [2.05, 4.69) is 5.32 Å². The molecule has 7 heteroatoms. The summed E-state index contributed by atoms with van der Waals surface area (Å²) in [6.07, 6.45) is 0. The molecule has 2 amide bonds. The second kappa shape index (κ2) is 8.26. The highest BCUT2D eigenvalue weighted by atomic mass is 19.2. The molecule has 0 atom stereocenters. The molecule has 5 nitrogen and oxygen atoms in total. The quantitative estimate of drug-likeness (QED) is 0.575. The zero-order chi connectivity index (χ0) is 23.0. The molecule has 0 spiro atoms. The maximum absolute atomic E-state index is 13.9. The summed E-state index contributed by atoms with van der Waals surface area (Å²) < 4.78 is 32.7. The highest BCUT2D eigenvalue weighted by molar-refractivity contribution is 6.46. The van der Waals surface area contributed by atoms with E-state index in [0.717, 1.165) is 28.2 Å². The van der Waals surface area contributed by atoms with Crippen molar-refractivity contribution in [2.45, 2.75) is 13.8 Å². The summed E-state index contributed by atoms with van der Waals surface area (Å²) in [5.74, 6) is -3.18. The minimum absolute atomic E-state index is 0.0224. The summed E-state index contributed by atoms with van der Waals surface area (Å²) in [7, 11) is 1.46. The first-order valence-electron chi connectivity index (χ1n) is 9.87. The highest BCUT2D eigenvalue weighted by Crippen LogP contribution is 2.37. The van der Waals surface area contributed by atoms with Crippen LogP contribution in [0.5, 0.6) is 5.75 Å². The summed E-state index contributed by atoms with van der Waals surface area (Å²) >= 11 is 0. The van der Waals surface area contributed by atoms with Crippen LogP contribution in [0, 0.1) is 25.5 Å². The molecule has 1 N–H and O–H groups in total. The van der Waals surface area contributed by atoms with Crippen LogP contribution in [0.25, 0.3) is 5.57 Å². The van der Waals surface area contributed by atoms with E-state index in [-0.39, 0.29) is 17.0 Å². The molecule has 0 saturated carbocycles. The molecule has 0 aromatic heterocycles. The third kappa shape index (κ3) is 3.73. The van der Waals surface area contributed by atoms with Crippen molar-refractivity contribution in [2.75, 3.05) is 17.3 Å². The van der Waals surface area contributed by atoms with Gasteiger partial charge in [-0.25, -0.2) is 13.7 Å². The van der Waals surface area contributed by atoms with Crippen LogP contribution in [-0.4, -0.2) is 18.9 Å². The number of methoxy groups -OCH3 is 1. The Morgan fingerprint density at radius 1 is 0.844 bits per heavy atom. The van der Waals surface area contributed by atoms with Crippen molar-refractivity contribution in [3.05, 3.63) is 94.7 Å². The van der Waals surface area contributed by atoms with E-state index in [1.807, 2.05) is 32.0 Å². The summed E-state index contributed by atoms with van der Waals surface area (Å²) in [5.41, 5.74) is 3.01. The van der Waals surface area contributed by atoms with Crippen LogP contribution >= 0.6 is 0 Å². The Morgan fingerprint density at radius 2 is 1.53 bits per heavy atom. The average Bonchev–Trinajstić information content (AvgIpc) is 2.99. The normalized spacial score (nSPS) is 13.7. The maximum Gasteiger partial charge on any atom is 0.282 e. The van der Waals surface area contributed by atoms with Crippen molar-refractivity contribution in [3.8, 4) is 5.75 Å². The van der Waals surface area contributed by atoms with Gasteiger partial charge in [-0.05, 0) is 55.3 Å². The Labute approximate surface area is 183 Å². The van der Waals surface area contributed by atoms with E-state index < -0.39 is 23.4 Å². The van der Waals surface area contributed by atoms with E-state index in [1.165, 1.54) is 13.2 Å². The van der Waals surface area contributed by atoms with Gasteiger partial charge in [0.1, 0.15) is 11.4 Å². The van der Waals surface area contributed by atoms with Gasteiger partial charge >= 0.3 is 0 Å². The van der Waals surface area contributed by atoms with Gasteiger partial charge in [-0.15, -0.1) is 0 Å². The predicted molar refractivity (Wildman–Crippen MR) is 118 cm³/mol. The molecular formula is C25H20F2N2O3. The first-order chi connectivity index (χ1) is 15.3. The lowest BCUT2D eigenvalue weighted by Gasteiger charge is -2.16. The summed E-state index contributed by atoms with van der Waals surface area (Å²) in [4.78, 5) is 27.7. The van der Waals surface area contributed by atoms with Gasteiger partial charge in [0.15, 0.2) is 11.6 Å². The van der Waals surface area contributed by atoms with Gasteiger partial charge in [0.25, 0.3) is 11.8 Å². The number of nitrogens with one attached hydrogen (secondary N) is 1. The molecular weight excluding hydrogens is 414 g/mol. The van der Waals surface area contributed by atoms with Crippen molar-refractivity contribution >= 4 is 28.8 Å². The van der Waals surface area contributed by atoms with E-state index in [9.17, 15) is 18.4 Å². The highest BCUT2D eigenvalue weighted by Gasteiger charge is 2.41. The largest absolute Gasteiger partial charge is 0.496 e. The molecule has 4 rings (SSSR count). The summed E-state index contributed by atoms with van der Waals surface area (Å²) in [6, 6.07) is 15.4. The number of carbonyl (C=O) groups is 2. The number of ether oxygens (including phenoxy) is 1. The summed E-state index contributed by atoms with van der Waals surface area (Å²) in [6.45, 7) is 3.84. The molecule has 0 saturated heterocycles. The number of hydrogen-bond acceptors (Lipinski definition) is 4. The second-order valence-electron chi connectivity index (χ2n) is 7.50. The van der Waals surface area contributed by atoms with Crippen LogP contribution in [0.3, 0.4) is 0 Å². The maximum atomic E-state index is 13.9. The van der Waals surface area contributed by atoms with E-state index >= 15 is 0 Å². The lowest BCUT2D eigenvalue weighted by atomic mass is 10.0. The van der Waals surface area contributed by atoms with Gasteiger partial charge in [0.2, 0.25) is 0 Å². The Morgan fingerprint density at radius 3 is 2.19 bits per heavy atom. The van der Waals surface area contributed by atoms with Crippen LogP contribution in [0.15, 0.2) is 66.4 Å². The number of carbonyl (C=O) groups excluding carboxylic acids is 2. The third-order valence-electron chi connectivity index (χ3n) is 5.11. The van der Waals surface area contributed by atoms with Crippen molar-refractivity contribution in [2.24, 2.45) is 0 Å². The second-order valence-corrected chi connectivity index (χ2v) is 7.50. The van der Waals surface area contributed by atoms with Crippen molar-refractivity contribution in [1.82, 2.24) is 0 Å². The topological polar surface area (TPSA) is 58.6 Å². The molecule has 32 heavy (non-hydrogen) atoms. The first-order valence-corrected chi connectivity index (χ1v) is 9.87. The van der Waals surface area contributed by atoms with Crippen LogP contribution in [0.1, 0.15) is 16.7 Å². The zero-order valence-corrected chi connectivity index (χ0v) is 17.7. The number of benzene rings is 3. The Bertz CT molecular complexity index is 1260. The van der Waals surface area contributed by atoms with Crippen molar-refractivity contribution in [3.63, 3.8) is 0 Å². The van der Waals surface area contributed by atoms with Gasteiger partial charge in [0.05, 0.1) is 18.4 Å². The fourth-order valence-electron chi connectivity index (χ4n) is 3.80. The number of halogens is 2. The van der Waals surface area contributed by atoms with Crippen LogP contribution in [0.2, 0.25) is 0 Å². The monoisotopic (exact) mass is 434 g/mol. The van der Waals surface area contributed by atoms with Gasteiger partial charge in [-0.2, -0.15) is 0 Å². The number of hydrogen-bond donors (Lipinski definition) is 1. The molecule has 0 aliphatic carbocycles. The molecule has 1 heterocycles. The molecule has 0 radical (unpaired) electrons. The molecule has 162 valence electrons. The van der Waals surface area contributed by atoms with Gasteiger partial charge < -0.3 is 10.1 Å². The van der Waals surface area contributed by atoms with Gasteiger partial charge in [0, 0.05) is 17.3 Å². The molecule has 3 aromatic carbocycles. The predicted octanol–water partition coefficient (Wildman–Crippen LogP) is 4.99. The number of nitrogens with zero attached hydrogens (tertiary/aromatic N) is 1. The first kappa shape index (κ1) is 21.2. The fourth-order valence-corrected chi connectivity index (χ4v) is 3.80. The van der Waals surface area contributed by atoms with Crippen LogP contribution < -0.4 is 15.0 Å². The number of para-hydroxylation sites is 1. The molecule has 0 fully saturated rings. The van der Waals surface area contributed by atoms with Gasteiger partial charge in [-0.3, -0.25) is 9.59 Å². The molecule has 1 aliphatic heterocycles. The van der Waals surface area contributed by atoms with Crippen LogP contribution in [0.4, 0.5) is 20.2 Å². The summed E-state index contributed by atoms with van der Waals surface area (Å²) in [5, 5.41) is 3.07. The van der Waals surface area contributed by atoms with E-state index in [1.54, 1.807) is 24.3 Å². The molecule has 0 bridgehead atoms. The average molecular weight is 434 g/mol. The lowest BCUT2D eigenvalue weighted by molar-refractivity contribution is -0.120. The molecule has 1 aliphatic rings. The number of rotatable bonds is 5. The third-order valence-corrected chi connectivity index (χ3v) is 5.11. The van der Waals surface area contributed by atoms with Crippen molar-refractivity contribution in [1.29, 1.82) is 0 Å². The molecule has 3 aromatic rings. The van der Waals surface area contributed by atoms with Crippen molar-refractivity contribution < 1.29 is 23.1 Å². The zero-order valence-electron chi connectivity index (χ0n) is 17.7. The number of anilines is 2. The van der Waals surface area contributed by atoms with Gasteiger partial charge in [-0.1, -0.05) is 24.3 Å². The Hall–Kier alpha value is -4.00. The minimum atomic E-state index is -1.15. The Kier molecular flexibility index (Phi) is 5.48. The number of amides is 2. The SMILES string of the molecule is COc1ccccc1C1=C(Nc2cc(C)cc(C)c2)C(=O)N(c2ccc(F)c(F)c2)C1=O. The number of aryl methyl sites for hydroxylation is 2. The smallest absolute Gasteiger partial charge is 0.282 e. The number of imide groups is 1. The van der Waals surface area contributed by atoms with E-state index in [4.69, 9.17) is 4.74 Å². The van der Waals surface area contributed by atoms with Crippen LogP contribution in [-0.2, 0) is 9.59 Å². The standard InChI is InChI=1S/C25H20F2N2O3/c1-14-10-15(2)12-16(11-14)28-23-22(18-6-4-5-7-21(18)32-3)24(30)29(25(23)31)17-8-9-19(26)20(27)13-17/h4-13,28H,1-3H3. The molecule has 0 unspecified atom stereocenters. The minimum Gasteiger partial charge on any atom is -0.496 e. The fraction of sp³-hybridized carbons (Fsp3) is 0.120. The Balaban J connectivity index is 1.88. The van der Waals surface area contributed by atoms with E-state index in [0.29, 0.717) is 17.0 Å².